The van der Waals surface area contributed by atoms with Gasteiger partial charge in [-0.1, -0.05) is 35.9 Å². The number of aryl methyl sites for hydroxylation is 1. The molecule has 3 aliphatic heterocycles. The minimum atomic E-state index is -0.497. The number of nitrogens with zero attached hydrogens (tertiary/aromatic N) is 2. The number of carbonyl (C=O) groups is 3. The van der Waals surface area contributed by atoms with Crippen LogP contribution in [0.3, 0.4) is 0 Å². The Kier molecular flexibility index (Phi) is 10.2. The van der Waals surface area contributed by atoms with Crippen molar-refractivity contribution >= 4 is 29.3 Å². The summed E-state index contributed by atoms with van der Waals surface area (Å²) in [6, 6.07) is 19.6. The quantitative estimate of drug-likeness (QED) is 0.465. The summed E-state index contributed by atoms with van der Waals surface area (Å²) in [7, 11) is 3.19. The summed E-state index contributed by atoms with van der Waals surface area (Å²) in [5.41, 5.74) is 1.78. The van der Waals surface area contributed by atoms with E-state index in [1.165, 1.54) is 4.90 Å². The van der Waals surface area contributed by atoms with Crippen LogP contribution in [0, 0.1) is 0 Å². The summed E-state index contributed by atoms with van der Waals surface area (Å²) >= 11 is 6.03. The van der Waals surface area contributed by atoms with Crippen molar-refractivity contribution in [3.05, 3.63) is 82.9 Å². The number of hydrogen-bond donors (Lipinski definition) is 1. The fourth-order valence-corrected chi connectivity index (χ4v) is 5.43. The van der Waals surface area contributed by atoms with Gasteiger partial charge < -0.3 is 34.1 Å². The number of halogens is 1. The molecule has 3 aliphatic rings. The molecule has 4 bridgehead atoms. The molecule has 10 nitrogen and oxygen atoms in total. The molecule has 1 saturated heterocycles. The first kappa shape index (κ1) is 31.2. The standard InChI is InChI=1S/C33H36ClN3O7/c1-36-19-31(38)35-27-13-14-37(33(40)21-42-25-7-4-6-24(34)17-25)18-30(27)43-20-23-5-3-8-26(15-23)44-28-11-9-22(10-12-32(36)39)16-29(28)41-2/h3-9,11,15-17,27,30H,10,12-14,18-21H2,1-2H3,(H,35,38)/t27-,30-/m0/s1. The Hall–Kier alpha value is -4.28. The largest absolute Gasteiger partial charge is 0.493 e. The molecule has 2 atom stereocenters. The van der Waals surface area contributed by atoms with Gasteiger partial charge in [-0.25, -0.2) is 0 Å². The SMILES string of the molecule is COc1cc2ccc1Oc1cccc(c1)CO[C@H]1CN(C(=O)COc3cccc(Cl)c3)CC[C@@H]1NC(=O)CN(C)C(=O)CC2. The van der Waals surface area contributed by atoms with Crippen molar-refractivity contribution in [2.45, 2.75) is 38.0 Å². The Morgan fingerprint density at radius 2 is 1.89 bits per heavy atom. The van der Waals surface area contributed by atoms with E-state index in [1.807, 2.05) is 42.5 Å². The molecule has 3 heterocycles. The highest BCUT2D eigenvalue weighted by molar-refractivity contribution is 6.30. The van der Waals surface area contributed by atoms with Gasteiger partial charge in [0.15, 0.2) is 18.1 Å². The number of carbonyl (C=O) groups excluding carboxylic acids is 3. The van der Waals surface area contributed by atoms with Gasteiger partial charge in [0.1, 0.15) is 11.5 Å². The van der Waals surface area contributed by atoms with Crippen molar-refractivity contribution in [2.24, 2.45) is 0 Å². The smallest absolute Gasteiger partial charge is 0.260 e. The maximum Gasteiger partial charge on any atom is 0.260 e. The average Bonchev–Trinajstić information content (AvgIpc) is 3.02. The van der Waals surface area contributed by atoms with Crippen LogP contribution in [0.15, 0.2) is 66.7 Å². The first-order chi connectivity index (χ1) is 21.3. The van der Waals surface area contributed by atoms with Crippen LogP contribution in [0.4, 0.5) is 0 Å². The predicted molar refractivity (Wildman–Crippen MR) is 164 cm³/mol. The highest BCUT2D eigenvalue weighted by Gasteiger charge is 2.34. The van der Waals surface area contributed by atoms with Crippen molar-refractivity contribution in [3.63, 3.8) is 0 Å². The maximum atomic E-state index is 13.1. The molecule has 3 amide bonds. The molecule has 0 unspecified atom stereocenters. The van der Waals surface area contributed by atoms with Crippen LogP contribution in [-0.4, -0.2) is 80.1 Å². The lowest BCUT2D eigenvalue weighted by Gasteiger charge is -2.39. The van der Waals surface area contributed by atoms with Crippen molar-refractivity contribution in [1.29, 1.82) is 0 Å². The van der Waals surface area contributed by atoms with Crippen molar-refractivity contribution in [3.8, 4) is 23.0 Å². The molecule has 6 rings (SSSR count). The van der Waals surface area contributed by atoms with Gasteiger partial charge in [-0.2, -0.15) is 0 Å². The van der Waals surface area contributed by atoms with Crippen LogP contribution in [0.1, 0.15) is 24.0 Å². The average molecular weight is 622 g/mol. The third-order valence-corrected chi connectivity index (χ3v) is 7.90. The summed E-state index contributed by atoms with van der Waals surface area (Å²) in [5, 5.41) is 3.56. The lowest BCUT2D eigenvalue weighted by Crippen LogP contribution is -2.57. The van der Waals surface area contributed by atoms with Gasteiger partial charge in [0.05, 0.1) is 32.4 Å². The number of rotatable bonds is 4. The van der Waals surface area contributed by atoms with E-state index in [0.29, 0.717) is 47.4 Å². The Morgan fingerprint density at radius 1 is 1.05 bits per heavy atom. The van der Waals surface area contributed by atoms with Gasteiger partial charge in [0.2, 0.25) is 11.8 Å². The Balaban J connectivity index is 1.34. The molecule has 1 N–H and O–H groups in total. The summed E-state index contributed by atoms with van der Waals surface area (Å²) in [5.74, 6) is 1.57. The first-order valence-corrected chi connectivity index (χ1v) is 14.9. The number of likely N-dealkylation sites (tertiary alicyclic amines) is 1. The van der Waals surface area contributed by atoms with Gasteiger partial charge >= 0.3 is 0 Å². The molecule has 3 aromatic rings. The minimum Gasteiger partial charge on any atom is -0.493 e. The van der Waals surface area contributed by atoms with Gasteiger partial charge in [-0.3, -0.25) is 14.4 Å². The number of fused-ring (bicyclic) bond motifs is 9. The van der Waals surface area contributed by atoms with E-state index in [-0.39, 0.29) is 56.5 Å². The maximum absolute atomic E-state index is 13.1. The van der Waals surface area contributed by atoms with E-state index >= 15 is 0 Å². The highest BCUT2D eigenvalue weighted by atomic mass is 35.5. The van der Waals surface area contributed by atoms with E-state index in [9.17, 15) is 14.4 Å². The lowest BCUT2D eigenvalue weighted by molar-refractivity contribution is -0.140. The summed E-state index contributed by atoms with van der Waals surface area (Å²) < 4.78 is 23.7. The molecule has 3 aromatic carbocycles. The second-order valence-electron chi connectivity index (χ2n) is 10.9. The third kappa shape index (κ3) is 8.21. The lowest BCUT2D eigenvalue weighted by atomic mass is 10.0. The molecule has 1 fully saturated rings. The molecule has 11 heteroatoms. The molecule has 0 spiro atoms. The summed E-state index contributed by atoms with van der Waals surface area (Å²) in [6.45, 7) is 0.664. The van der Waals surface area contributed by atoms with Crippen molar-refractivity contribution in [2.75, 3.05) is 40.4 Å². The van der Waals surface area contributed by atoms with Crippen LogP contribution in [0.2, 0.25) is 5.02 Å². The number of likely N-dealkylation sites (N-methyl/N-ethyl adjacent to an activating group) is 1. The number of methoxy groups -OCH3 is 1. The Bertz CT molecular complexity index is 1500. The zero-order valence-corrected chi connectivity index (χ0v) is 25.5. The normalized spacial score (nSPS) is 19.5. The molecular weight excluding hydrogens is 586 g/mol. The Morgan fingerprint density at radius 3 is 2.70 bits per heavy atom. The van der Waals surface area contributed by atoms with Gasteiger partial charge in [-0.15, -0.1) is 0 Å². The van der Waals surface area contributed by atoms with E-state index in [1.54, 1.807) is 43.3 Å². The predicted octanol–water partition coefficient (Wildman–Crippen LogP) is 4.23. The second-order valence-corrected chi connectivity index (χ2v) is 11.3. The van der Waals surface area contributed by atoms with Crippen LogP contribution in [0.25, 0.3) is 0 Å². The van der Waals surface area contributed by atoms with Gasteiger partial charge in [0.25, 0.3) is 5.91 Å². The molecule has 0 radical (unpaired) electrons. The van der Waals surface area contributed by atoms with E-state index < -0.39 is 6.10 Å². The van der Waals surface area contributed by atoms with Gasteiger partial charge in [0, 0.05) is 31.6 Å². The zero-order valence-electron chi connectivity index (χ0n) is 24.8. The molecule has 0 aliphatic carbocycles. The molecule has 44 heavy (non-hydrogen) atoms. The topological polar surface area (TPSA) is 107 Å². The zero-order chi connectivity index (χ0) is 31.1. The monoisotopic (exact) mass is 621 g/mol. The van der Waals surface area contributed by atoms with Crippen LogP contribution < -0.4 is 19.5 Å². The van der Waals surface area contributed by atoms with Crippen LogP contribution in [-0.2, 0) is 32.1 Å². The number of hydrogen-bond acceptors (Lipinski definition) is 7. The van der Waals surface area contributed by atoms with Crippen LogP contribution in [0.5, 0.6) is 23.0 Å². The molecule has 232 valence electrons. The molecule has 0 aromatic heterocycles. The number of nitrogens with one attached hydrogen (secondary N) is 1. The van der Waals surface area contributed by atoms with E-state index in [4.69, 9.17) is 30.5 Å². The van der Waals surface area contributed by atoms with Crippen LogP contribution >= 0.6 is 11.6 Å². The number of benzene rings is 3. The van der Waals surface area contributed by atoms with E-state index in [0.717, 1.165) is 11.1 Å². The Labute approximate surface area is 261 Å². The van der Waals surface area contributed by atoms with Crippen molar-refractivity contribution in [1.82, 2.24) is 15.1 Å². The van der Waals surface area contributed by atoms with Gasteiger partial charge in [-0.05, 0) is 66.4 Å². The number of ether oxygens (including phenoxy) is 4. The second kappa shape index (κ2) is 14.5. The highest BCUT2D eigenvalue weighted by Crippen LogP contribution is 2.33. The minimum absolute atomic E-state index is 0.0870. The van der Waals surface area contributed by atoms with Crippen molar-refractivity contribution < 1.29 is 33.3 Å². The third-order valence-electron chi connectivity index (χ3n) is 7.67. The number of amides is 3. The molecule has 0 saturated carbocycles. The fourth-order valence-electron chi connectivity index (χ4n) is 5.25. The number of piperidine rings is 1. The summed E-state index contributed by atoms with van der Waals surface area (Å²) in [4.78, 5) is 42.1. The first-order valence-electron chi connectivity index (χ1n) is 14.5. The molecular formula is C33H36ClN3O7. The van der Waals surface area contributed by atoms with E-state index in [2.05, 4.69) is 5.32 Å². The summed E-state index contributed by atoms with van der Waals surface area (Å²) in [6.07, 6.45) is 0.704. The fraction of sp³-hybridized carbons (Fsp3) is 0.364.